The van der Waals surface area contributed by atoms with Gasteiger partial charge in [0.2, 0.25) is 0 Å². The Morgan fingerprint density at radius 3 is 0.952 bits per heavy atom. The van der Waals surface area contributed by atoms with Crippen molar-refractivity contribution in [2.24, 2.45) is 22.9 Å². The van der Waals surface area contributed by atoms with Gasteiger partial charge in [0.25, 0.3) is 0 Å². The largest absolute Gasteiger partial charge is 0.329 e. The third kappa shape index (κ3) is 45.0. The van der Waals surface area contributed by atoms with Crippen LogP contribution < -0.4 is 22.9 Å². The van der Waals surface area contributed by atoms with Crippen LogP contribution in [0, 0.1) is 0 Å². The molecule has 0 amide bonds. The predicted molar refractivity (Wildman–Crippen MR) is 83.9 cm³/mol. The molecular formula is C9H30N4O6P2. The second-order valence-electron chi connectivity index (χ2n) is 3.99. The van der Waals surface area contributed by atoms with Crippen LogP contribution in [0.25, 0.3) is 0 Å². The minimum Gasteiger partial charge on any atom is -0.329 e. The summed E-state index contributed by atoms with van der Waals surface area (Å²) in [7, 11) is -7.88. The lowest BCUT2D eigenvalue weighted by molar-refractivity contribution is 0.369. The van der Waals surface area contributed by atoms with Crippen LogP contribution in [0.5, 0.6) is 0 Å². The zero-order valence-corrected chi connectivity index (χ0v) is 14.0. The molecule has 0 aliphatic rings. The smallest absolute Gasteiger partial charge is 0.325 e. The molecule has 0 aliphatic carbocycles. The molecule has 21 heavy (non-hydrogen) atoms. The van der Waals surface area contributed by atoms with E-state index in [0.29, 0.717) is 45.4 Å². The van der Waals surface area contributed by atoms with E-state index in [9.17, 15) is 9.13 Å². The summed E-state index contributed by atoms with van der Waals surface area (Å²) in [5.74, 6) is 0. The van der Waals surface area contributed by atoms with Crippen LogP contribution in [-0.4, -0.2) is 58.1 Å². The van der Waals surface area contributed by atoms with Gasteiger partial charge in [0.05, 0.1) is 0 Å². The van der Waals surface area contributed by atoms with E-state index in [4.69, 9.17) is 42.5 Å². The topological polar surface area (TPSA) is 219 Å². The first-order chi connectivity index (χ1) is 9.54. The number of nitrogens with two attached hydrogens (primary N) is 4. The molecule has 0 bridgehead atoms. The minimum atomic E-state index is -3.94. The number of unbranched alkanes of at least 4 members (excludes halogenated alkanes) is 2. The lowest BCUT2D eigenvalue weighted by Gasteiger charge is -2.04. The molecule has 12 heteroatoms. The monoisotopic (exact) mass is 352 g/mol. The van der Waals surface area contributed by atoms with E-state index in [0.717, 1.165) is 0 Å². The van der Waals surface area contributed by atoms with Gasteiger partial charge in [0.1, 0.15) is 0 Å². The highest BCUT2D eigenvalue weighted by atomic mass is 31.2. The van der Waals surface area contributed by atoms with E-state index in [2.05, 4.69) is 0 Å². The van der Waals surface area contributed by atoms with Crippen molar-refractivity contribution in [2.75, 3.05) is 38.5 Å². The summed E-state index contributed by atoms with van der Waals surface area (Å²) >= 11 is 0. The third-order valence-corrected chi connectivity index (χ3v) is 3.53. The van der Waals surface area contributed by atoms with Gasteiger partial charge in [-0.2, -0.15) is 0 Å². The van der Waals surface area contributed by atoms with Gasteiger partial charge in [-0.25, -0.2) is 0 Å². The summed E-state index contributed by atoms with van der Waals surface area (Å²) < 4.78 is 20.7. The van der Waals surface area contributed by atoms with Gasteiger partial charge in [-0.3, -0.25) is 9.13 Å². The molecule has 0 saturated heterocycles. The molecule has 10 nitrogen and oxygen atoms in total. The Balaban J connectivity index is -0.000000334. The molecule has 12 N–H and O–H groups in total. The SMILES string of the molecule is NCCN.NCCN.O=P(O)(O)CCCCCP(=O)(O)O. The average molecular weight is 352 g/mol. The van der Waals surface area contributed by atoms with Gasteiger partial charge in [0, 0.05) is 38.5 Å². The molecule has 0 aromatic rings. The van der Waals surface area contributed by atoms with E-state index >= 15 is 0 Å². The van der Waals surface area contributed by atoms with Crippen LogP contribution in [0.2, 0.25) is 0 Å². The quantitative estimate of drug-likeness (QED) is 0.183. The first kappa shape index (κ1) is 26.1. The maximum atomic E-state index is 10.3. The van der Waals surface area contributed by atoms with Crippen molar-refractivity contribution in [3.8, 4) is 0 Å². The molecule has 0 saturated carbocycles. The Morgan fingerprint density at radius 2 is 0.810 bits per heavy atom. The van der Waals surface area contributed by atoms with E-state index in [1.54, 1.807) is 0 Å². The third-order valence-electron chi connectivity index (χ3n) is 1.73. The van der Waals surface area contributed by atoms with Crippen molar-refractivity contribution in [1.82, 2.24) is 0 Å². The van der Waals surface area contributed by atoms with E-state index < -0.39 is 15.2 Å². The van der Waals surface area contributed by atoms with Crippen molar-refractivity contribution in [3.63, 3.8) is 0 Å². The Labute approximate surface area is 125 Å². The number of hydrogen-bond acceptors (Lipinski definition) is 6. The van der Waals surface area contributed by atoms with Crippen molar-refractivity contribution in [2.45, 2.75) is 19.3 Å². The fraction of sp³-hybridized carbons (Fsp3) is 1.00. The van der Waals surface area contributed by atoms with Crippen LogP contribution >= 0.6 is 15.2 Å². The zero-order chi connectivity index (χ0) is 17.4. The standard InChI is InChI=1S/C5H14O6P2.2C2H8N2/c6-12(7,8)4-2-1-3-5-13(9,10)11;2*3-1-2-4/h1-5H2,(H2,6,7,8)(H2,9,10,11);2*1-4H2. The van der Waals surface area contributed by atoms with Crippen LogP contribution in [0.1, 0.15) is 19.3 Å². The Bertz CT molecular complexity index is 264. The molecule has 0 fully saturated rings. The molecule has 0 unspecified atom stereocenters. The lowest BCUT2D eigenvalue weighted by atomic mass is 10.3. The predicted octanol–water partition coefficient (Wildman–Crippen LogP) is -1.68. The Morgan fingerprint density at radius 1 is 0.571 bits per heavy atom. The summed E-state index contributed by atoms with van der Waals surface area (Å²) in [6.45, 7) is 2.39. The summed E-state index contributed by atoms with van der Waals surface area (Å²) in [5.41, 5.74) is 19.6. The molecule has 0 rings (SSSR count). The van der Waals surface area contributed by atoms with Crippen LogP contribution in [0.4, 0.5) is 0 Å². The Kier molecular flexibility index (Phi) is 20.5. The molecule has 0 aromatic heterocycles. The summed E-state index contributed by atoms with van der Waals surface area (Å²) in [6, 6.07) is 0. The molecule has 0 aliphatic heterocycles. The molecular weight excluding hydrogens is 322 g/mol. The van der Waals surface area contributed by atoms with E-state index in [1.807, 2.05) is 0 Å². The van der Waals surface area contributed by atoms with Gasteiger partial charge in [-0.1, -0.05) is 6.42 Å². The van der Waals surface area contributed by atoms with Gasteiger partial charge in [-0.15, -0.1) is 0 Å². The first-order valence-electron chi connectivity index (χ1n) is 6.43. The Hall–Kier alpha value is 0.140. The molecule has 0 aromatic carbocycles. The number of hydrogen-bond donors (Lipinski definition) is 8. The number of rotatable bonds is 8. The highest BCUT2D eigenvalue weighted by molar-refractivity contribution is 7.52. The van der Waals surface area contributed by atoms with Gasteiger partial charge in [-0.05, 0) is 12.8 Å². The highest BCUT2D eigenvalue weighted by Crippen LogP contribution is 2.37. The zero-order valence-electron chi connectivity index (χ0n) is 12.2. The van der Waals surface area contributed by atoms with Crippen molar-refractivity contribution < 1.29 is 28.7 Å². The summed E-state index contributed by atoms with van der Waals surface area (Å²) in [4.78, 5) is 33.7. The summed E-state index contributed by atoms with van der Waals surface area (Å²) in [5, 5.41) is 0. The average Bonchev–Trinajstić information content (AvgIpc) is 2.36. The molecule has 0 spiro atoms. The second kappa shape index (κ2) is 16.5. The maximum absolute atomic E-state index is 10.3. The van der Waals surface area contributed by atoms with Crippen molar-refractivity contribution >= 4 is 15.2 Å². The van der Waals surface area contributed by atoms with Crippen LogP contribution in [0.3, 0.4) is 0 Å². The van der Waals surface area contributed by atoms with E-state index in [-0.39, 0.29) is 12.3 Å². The van der Waals surface area contributed by atoms with E-state index in [1.165, 1.54) is 0 Å². The second-order valence-corrected chi connectivity index (χ2v) is 7.55. The van der Waals surface area contributed by atoms with Gasteiger partial charge < -0.3 is 42.5 Å². The van der Waals surface area contributed by atoms with Gasteiger partial charge in [0.15, 0.2) is 0 Å². The highest BCUT2D eigenvalue weighted by Gasteiger charge is 2.14. The minimum absolute atomic E-state index is 0.214. The molecule has 0 heterocycles. The van der Waals surface area contributed by atoms with Crippen LogP contribution in [-0.2, 0) is 9.13 Å². The fourth-order valence-electron chi connectivity index (χ4n) is 0.812. The van der Waals surface area contributed by atoms with Crippen LogP contribution in [0.15, 0.2) is 0 Å². The first-order valence-corrected chi connectivity index (χ1v) is 10.0. The van der Waals surface area contributed by atoms with Crippen molar-refractivity contribution in [1.29, 1.82) is 0 Å². The lowest BCUT2D eigenvalue weighted by Crippen LogP contribution is -2.11. The molecule has 0 radical (unpaired) electrons. The van der Waals surface area contributed by atoms with Crippen molar-refractivity contribution in [3.05, 3.63) is 0 Å². The maximum Gasteiger partial charge on any atom is 0.325 e. The van der Waals surface area contributed by atoms with Gasteiger partial charge >= 0.3 is 15.2 Å². The fourth-order valence-corrected chi connectivity index (χ4v) is 2.08. The molecule has 0 atom stereocenters. The molecule has 132 valence electrons. The normalized spacial score (nSPS) is 11.0. The summed E-state index contributed by atoms with van der Waals surface area (Å²) in [6.07, 6.45) is 0.590.